The fourth-order valence-electron chi connectivity index (χ4n) is 1.63. The lowest BCUT2D eigenvalue weighted by atomic mass is 9.96. The van der Waals surface area contributed by atoms with Crippen molar-refractivity contribution in [3.63, 3.8) is 0 Å². The maximum absolute atomic E-state index is 11.0. The van der Waals surface area contributed by atoms with E-state index in [2.05, 4.69) is 10.0 Å². The van der Waals surface area contributed by atoms with E-state index in [4.69, 9.17) is 19.7 Å². The first kappa shape index (κ1) is 13.5. The SMILES string of the molecule is COCO[C@H]1C=CC[C@@H](N=[N+]=[N-])[C@@H]1OC(C)=O. The Labute approximate surface area is 99.0 Å². The van der Waals surface area contributed by atoms with Crippen molar-refractivity contribution >= 4 is 5.97 Å². The summed E-state index contributed by atoms with van der Waals surface area (Å²) in [6.45, 7) is 1.38. The lowest BCUT2D eigenvalue weighted by Gasteiger charge is -2.31. The van der Waals surface area contributed by atoms with Crippen molar-refractivity contribution in [1.29, 1.82) is 0 Å². The average Bonchev–Trinajstić information content (AvgIpc) is 2.29. The number of carbonyl (C=O) groups excluding carboxylic acids is 1. The van der Waals surface area contributed by atoms with Crippen molar-refractivity contribution in [2.75, 3.05) is 13.9 Å². The van der Waals surface area contributed by atoms with E-state index in [0.717, 1.165) is 0 Å². The predicted molar refractivity (Wildman–Crippen MR) is 59.0 cm³/mol. The van der Waals surface area contributed by atoms with Crippen LogP contribution in [0.25, 0.3) is 10.4 Å². The van der Waals surface area contributed by atoms with E-state index >= 15 is 0 Å². The Bertz CT molecular complexity index is 338. The van der Waals surface area contributed by atoms with Gasteiger partial charge in [-0.25, -0.2) is 0 Å². The number of hydrogen-bond acceptors (Lipinski definition) is 5. The predicted octanol–water partition coefficient (Wildman–Crippen LogP) is 1.55. The van der Waals surface area contributed by atoms with Crippen LogP contribution in [0.5, 0.6) is 0 Å². The third kappa shape index (κ3) is 4.07. The lowest BCUT2D eigenvalue weighted by Crippen LogP contribution is -2.42. The second-order valence-corrected chi connectivity index (χ2v) is 3.55. The number of azide groups is 1. The zero-order valence-corrected chi connectivity index (χ0v) is 9.78. The fourth-order valence-corrected chi connectivity index (χ4v) is 1.63. The second-order valence-electron chi connectivity index (χ2n) is 3.55. The molecule has 17 heavy (non-hydrogen) atoms. The number of carbonyl (C=O) groups is 1. The van der Waals surface area contributed by atoms with E-state index in [1.807, 2.05) is 6.08 Å². The smallest absolute Gasteiger partial charge is 0.303 e. The highest BCUT2D eigenvalue weighted by Gasteiger charge is 2.33. The van der Waals surface area contributed by atoms with Crippen LogP contribution < -0.4 is 0 Å². The molecule has 0 radical (unpaired) electrons. The molecule has 0 N–H and O–H groups in total. The maximum atomic E-state index is 11.0. The minimum Gasteiger partial charge on any atom is -0.459 e. The molecule has 1 rings (SSSR count). The number of hydrogen-bond donors (Lipinski definition) is 0. The van der Waals surface area contributed by atoms with Crippen LogP contribution in [0.1, 0.15) is 13.3 Å². The average molecular weight is 241 g/mol. The minimum absolute atomic E-state index is 0.0791. The van der Waals surface area contributed by atoms with Crippen LogP contribution in [0.2, 0.25) is 0 Å². The second kappa shape index (κ2) is 6.90. The van der Waals surface area contributed by atoms with Gasteiger partial charge in [0.25, 0.3) is 0 Å². The first-order valence-electron chi connectivity index (χ1n) is 5.17. The number of ether oxygens (including phenoxy) is 3. The molecule has 0 unspecified atom stereocenters. The third-order valence-electron chi connectivity index (χ3n) is 2.29. The Hall–Kier alpha value is -1.56. The molecule has 0 aromatic rings. The van der Waals surface area contributed by atoms with Crippen LogP contribution in [0, 0.1) is 0 Å². The highest BCUT2D eigenvalue weighted by atomic mass is 16.7. The van der Waals surface area contributed by atoms with Gasteiger partial charge in [-0.15, -0.1) is 0 Å². The molecule has 0 bridgehead atoms. The molecule has 0 spiro atoms. The molecular formula is C10H15N3O4. The van der Waals surface area contributed by atoms with Gasteiger partial charge >= 0.3 is 5.97 Å². The number of rotatable bonds is 5. The molecule has 94 valence electrons. The molecule has 7 nitrogen and oxygen atoms in total. The first-order chi connectivity index (χ1) is 8.19. The molecule has 3 atom stereocenters. The van der Waals surface area contributed by atoms with Gasteiger partial charge in [-0.3, -0.25) is 4.79 Å². The summed E-state index contributed by atoms with van der Waals surface area (Å²) in [6, 6.07) is -0.448. The van der Waals surface area contributed by atoms with E-state index < -0.39 is 24.2 Å². The molecule has 0 saturated carbocycles. The zero-order chi connectivity index (χ0) is 12.7. The van der Waals surface area contributed by atoms with E-state index in [-0.39, 0.29) is 6.79 Å². The Balaban J connectivity index is 2.77. The lowest BCUT2D eigenvalue weighted by molar-refractivity contribution is -0.161. The van der Waals surface area contributed by atoms with Gasteiger partial charge in [0.1, 0.15) is 19.0 Å². The van der Waals surface area contributed by atoms with Crippen molar-refractivity contribution in [2.45, 2.75) is 31.6 Å². The van der Waals surface area contributed by atoms with E-state index in [9.17, 15) is 4.79 Å². The van der Waals surface area contributed by atoms with Crippen molar-refractivity contribution in [2.24, 2.45) is 5.11 Å². The van der Waals surface area contributed by atoms with E-state index in [0.29, 0.717) is 6.42 Å². The molecular weight excluding hydrogens is 226 g/mol. The largest absolute Gasteiger partial charge is 0.459 e. The van der Waals surface area contributed by atoms with Crippen LogP contribution in [0.4, 0.5) is 0 Å². The summed E-state index contributed by atoms with van der Waals surface area (Å²) in [4.78, 5) is 13.8. The van der Waals surface area contributed by atoms with Gasteiger partial charge in [-0.2, -0.15) is 0 Å². The molecule has 0 amide bonds. The summed E-state index contributed by atoms with van der Waals surface area (Å²) in [5.41, 5.74) is 8.46. The quantitative estimate of drug-likeness (QED) is 0.182. The summed E-state index contributed by atoms with van der Waals surface area (Å²) in [7, 11) is 1.50. The number of methoxy groups -OCH3 is 1. The molecule has 0 heterocycles. The molecule has 1 aliphatic rings. The zero-order valence-electron chi connectivity index (χ0n) is 9.78. The molecule has 0 saturated heterocycles. The minimum atomic E-state index is -0.608. The van der Waals surface area contributed by atoms with Crippen LogP contribution in [0.3, 0.4) is 0 Å². The molecule has 1 aliphatic carbocycles. The highest BCUT2D eigenvalue weighted by molar-refractivity contribution is 5.66. The maximum Gasteiger partial charge on any atom is 0.303 e. The summed E-state index contributed by atoms with van der Waals surface area (Å²) in [5.74, 6) is -0.436. The van der Waals surface area contributed by atoms with Gasteiger partial charge in [0.15, 0.2) is 0 Å². The Morgan fingerprint density at radius 3 is 3.00 bits per heavy atom. The Morgan fingerprint density at radius 2 is 2.41 bits per heavy atom. The summed E-state index contributed by atoms with van der Waals surface area (Å²) < 4.78 is 15.3. The monoisotopic (exact) mass is 241 g/mol. The van der Waals surface area contributed by atoms with Crippen LogP contribution in [-0.4, -0.2) is 38.1 Å². The topological polar surface area (TPSA) is 93.5 Å². The third-order valence-corrected chi connectivity index (χ3v) is 2.29. The van der Waals surface area contributed by atoms with Crippen molar-refractivity contribution in [3.8, 4) is 0 Å². The molecule has 7 heteroatoms. The van der Waals surface area contributed by atoms with Crippen LogP contribution in [0.15, 0.2) is 17.3 Å². The van der Waals surface area contributed by atoms with E-state index in [1.54, 1.807) is 6.08 Å². The highest BCUT2D eigenvalue weighted by Crippen LogP contribution is 2.22. The molecule has 0 aromatic carbocycles. The fraction of sp³-hybridized carbons (Fsp3) is 0.700. The van der Waals surface area contributed by atoms with Crippen molar-refractivity contribution < 1.29 is 19.0 Å². The van der Waals surface area contributed by atoms with Crippen LogP contribution >= 0.6 is 0 Å². The van der Waals surface area contributed by atoms with Gasteiger partial charge in [-0.05, 0) is 12.0 Å². The van der Waals surface area contributed by atoms with Gasteiger partial charge in [0.05, 0.1) is 6.04 Å². The number of nitrogens with zero attached hydrogens (tertiary/aromatic N) is 3. The first-order valence-corrected chi connectivity index (χ1v) is 5.17. The summed E-state index contributed by atoms with van der Waals surface area (Å²) >= 11 is 0. The molecule has 0 aliphatic heterocycles. The summed E-state index contributed by atoms with van der Waals surface area (Å²) in [6.07, 6.45) is 3.07. The standard InChI is InChI=1S/C10H15N3O4/c1-7(14)17-10-8(12-13-11)4-3-5-9(10)16-6-15-2/h3,5,8-10H,4,6H2,1-2H3/t8-,9+,10+/m1/s1. The molecule has 0 fully saturated rings. The van der Waals surface area contributed by atoms with Gasteiger partial charge < -0.3 is 14.2 Å². The Morgan fingerprint density at radius 1 is 1.65 bits per heavy atom. The van der Waals surface area contributed by atoms with Crippen molar-refractivity contribution in [1.82, 2.24) is 0 Å². The van der Waals surface area contributed by atoms with Gasteiger partial charge in [0.2, 0.25) is 0 Å². The Kier molecular flexibility index (Phi) is 5.48. The number of esters is 1. The molecule has 0 aromatic heterocycles. The van der Waals surface area contributed by atoms with Crippen molar-refractivity contribution in [3.05, 3.63) is 22.6 Å². The van der Waals surface area contributed by atoms with Gasteiger partial charge in [-0.1, -0.05) is 17.3 Å². The van der Waals surface area contributed by atoms with Gasteiger partial charge in [0, 0.05) is 18.9 Å². The normalized spacial score (nSPS) is 27.3. The van der Waals surface area contributed by atoms with Crippen LogP contribution in [-0.2, 0) is 19.0 Å². The van der Waals surface area contributed by atoms with E-state index in [1.165, 1.54) is 14.0 Å². The summed E-state index contributed by atoms with van der Waals surface area (Å²) in [5, 5.41) is 3.61.